The lowest BCUT2D eigenvalue weighted by atomic mass is 9.99. The summed E-state index contributed by atoms with van der Waals surface area (Å²) in [7, 11) is -3.47. The first-order chi connectivity index (χ1) is 14.5. The van der Waals surface area contributed by atoms with Gasteiger partial charge in [0.2, 0.25) is 0 Å². The van der Waals surface area contributed by atoms with Gasteiger partial charge in [-0.1, -0.05) is 62.4 Å². The van der Waals surface area contributed by atoms with Crippen LogP contribution in [0.15, 0.2) is 70.9 Å². The second kappa shape index (κ2) is 10.0. The molecule has 1 N–H and O–H groups in total. The van der Waals surface area contributed by atoms with Crippen molar-refractivity contribution in [2.75, 3.05) is 13.1 Å². The van der Waals surface area contributed by atoms with Crippen LogP contribution in [0.1, 0.15) is 40.2 Å². The zero-order chi connectivity index (χ0) is 21.6. The van der Waals surface area contributed by atoms with Crippen LogP contribution >= 0.6 is 11.3 Å². The molecule has 0 saturated heterocycles. The Morgan fingerprint density at radius 1 is 0.933 bits per heavy atom. The fraction of sp³-hybridized carbons (Fsp3) is 0.261. The minimum absolute atomic E-state index is 0.164. The summed E-state index contributed by atoms with van der Waals surface area (Å²) in [6, 6.07) is 21.0. The number of nitrogens with one attached hydrogen (secondary N) is 1. The summed E-state index contributed by atoms with van der Waals surface area (Å²) in [4.78, 5) is 13.6. The average Bonchev–Trinajstić information content (AvgIpc) is 3.24. The first kappa shape index (κ1) is 22.2. The molecule has 2 aromatic carbocycles. The van der Waals surface area contributed by atoms with Gasteiger partial charge in [-0.2, -0.15) is 4.31 Å². The molecule has 30 heavy (non-hydrogen) atoms. The van der Waals surface area contributed by atoms with Gasteiger partial charge in [-0.15, -0.1) is 11.3 Å². The monoisotopic (exact) mass is 442 g/mol. The van der Waals surface area contributed by atoms with Crippen molar-refractivity contribution in [3.05, 3.63) is 88.3 Å². The van der Waals surface area contributed by atoms with Gasteiger partial charge in [0.1, 0.15) is 4.21 Å². The van der Waals surface area contributed by atoms with Crippen LogP contribution in [0.3, 0.4) is 0 Å². The molecule has 0 spiro atoms. The number of benzene rings is 2. The molecule has 0 radical (unpaired) electrons. The maximum atomic E-state index is 12.8. The highest BCUT2D eigenvalue weighted by Crippen LogP contribution is 2.25. The average molecular weight is 443 g/mol. The van der Waals surface area contributed by atoms with E-state index < -0.39 is 10.0 Å². The highest BCUT2D eigenvalue weighted by Gasteiger charge is 2.23. The Morgan fingerprint density at radius 2 is 1.60 bits per heavy atom. The van der Waals surface area contributed by atoms with E-state index in [9.17, 15) is 13.2 Å². The van der Waals surface area contributed by atoms with E-state index >= 15 is 0 Å². The van der Waals surface area contributed by atoms with E-state index in [1.54, 1.807) is 12.1 Å². The van der Waals surface area contributed by atoms with Crippen LogP contribution in [0.25, 0.3) is 0 Å². The predicted molar refractivity (Wildman–Crippen MR) is 121 cm³/mol. The summed E-state index contributed by atoms with van der Waals surface area (Å²) in [5, 5.41) is 2.93. The van der Waals surface area contributed by atoms with E-state index in [0.29, 0.717) is 29.3 Å². The lowest BCUT2D eigenvalue weighted by Gasteiger charge is -2.16. The minimum Gasteiger partial charge on any atom is -0.347 e. The molecule has 1 amide bonds. The highest BCUT2D eigenvalue weighted by atomic mass is 32.2. The SMILES string of the molecule is CCN(CC)S(=O)(=O)c1ccc(CNC(=O)c2ccccc2Cc2ccccc2)s1. The van der Waals surface area contributed by atoms with Gasteiger partial charge in [0.15, 0.2) is 0 Å². The predicted octanol–water partition coefficient (Wildman–Crippen LogP) is 4.30. The van der Waals surface area contributed by atoms with Crippen LogP contribution in [0.2, 0.25) is 0 Å². The molecule has 158 valence electrons. The van der Waals surface area contributed by atoms with E-state index in [2.05, 4.69) is 5.32 Å². The normalized spacial score (nSPS) is 11.6. The van der Waals surface area contributed by atoms with Crippen molar-refractivity contribution in [1.29, 1.82) is 0 Å². The summed E-state index contributed by atoms with van der Waals surface area (Å²) in [6.07, 6.45) is 0.676. The van der Waals surface area contributed by atoms with E-state index in [1.807, 2.05) is 68.4 Å². The molecule has 0 aliphatic rings. The zero-order valence-corrected chi connectivity index (χ0v) is 18.8. The van der Waals surface area contributed by atoms with Crippen molar-refractivity contribution >= 4 is 27.3 Å². The molecular formula is C23H26N2O3S2. The van der Waals surface area contributed by atoms with Crippen LogP contribution < -0.4 is 5.32 Å². The molecule has 0 fully saturated rings. The minimum atomic E-state index is -3.47. The number of rotatable bonds is 9. The van der Waals surface area contributed by atoms with Gasteiger partial charge in [-0.3, -0.25) is 4.79 Å². The maximum Gasteiger partial charge on any atom is 0.252 e. The Balaban J connectivity index is 1.69. The standard InChI is InChI=1S/C23H26N2O3S2/c1-3-25(4-2)30(27,28)22-15-14-20(29-22)17-24-23(26)21-13-9-8-12-19(21)16-18-10-6-5-7-11-18/h5-15H,3-4,16-17H2,1-2H3,(H,24,26). The van der Waals surface area contributed by atoms with Crippen LogP contribution in [0.5, 0.6) is 0 Å². The summed E-state index contributed by atoms with van der Waals surface area (Å²) < 4.78 is 27.0. The van der Waals surface area contributed by atoms with Crippen molar-refractivity contribution in [2.24, 2.45) is 0 Å². The Morgan fingerprint density at radius 3 is 2.30 bits per heavy atom. The smallest absolute Gasteiger partial charge is 0.252 e. The number of hydrogen-bond acceptors (Lipinski definition) is 4. The molecule has 5 nitrogen and oxygen atoms in total. The van der Waals surface area contributed by atoms with Gasteiger partial charge in [0, 0.05) is 23.5 Å². The fourth-order valence-electron chi connectivity index (χ4n) is 3.26. The number of carbonyl (C=O) groups is 1. The van der Waals surface area contributed by atoms with Gasteiger partial charge in [-0.25, -0.2) is 8.42 Å². The second-order valence-corrected chi connectivity index (χ2v) is 10.1. The Kier molecular flexibility index (Phi) is 7.42. The van der Waals surface area contributed by atoms with Crippen LogP contribution in [-0.2, 0) is 23.0 Å². The molecule has 3 rings (SSSR count). The number of nitrogens with zero attached hydrogens (tertiary/aromatic N) is 1. The number of amides is 1. The van der Waals surface area contributed by atoms with Crippen molar-refractivity contribution in [1.82, 2.24) is 9.62 Å². The first-order valence-electron chi connectivity index (χ1n) is 9.94. The number of carbonyl (C=O) groups excluding carboxylic acids is 1. The third-order valence-electron chi connectivity index (χ3n) is 4.86. The van der Waals surface area contributed by atoms with Gasteiger partial charge in [0.25, 0.3) is 15.9 Å². The van der Waals surface area contributed by atoms with Gasteiger partial charge in [0.05, 0.1) is 6.54 Å². The van der Waals surface area contributed by atoms with E-state index in [1.165, 1.54) is 15.6 Å². The topological polar surface area (TPSA) is 66.5 Å². The van der Waals surface area contributed by atoms with E-state index in [0.717, 1.165) is 16.0 Å². The fourth-order valence-corrected chi connectivity index (χ4v) is 6.16. The molecule has 0 unspecified atom stereocenters. The van der Waals surface area contributed by atoms with E-state index in [4.69, 9.17) is 0 Å². The Hall–Kier alpha value is -2.48. The van der Waals surface area contributed by atoms with Crippen LogP contribution in [-0.4, -0.2) is 31.7 Å². The Labute approximate surface area is 182 Å². The van der Waals surface area contributed by atoms with Gasteiger partial charge in [-0.05, 0) is 35.7 Å². The maximum absolute atomic E-state index is 12.8. The quantitative estimate of drug-likeness (QED) is 0.537. The summed E-state index contributed by atoms with van der Waals surface area (Å²) in [5.74, 6) is -0.164. The van der Waals surface area contributed by atoms with Crippen LogP contribution in [0.4, 0.5) is 0 Å². The van der Waals surface area contributed by atoms with Gasteiger partial charge < -0.3 is 5.32 Å². The summed E-state index contributed by atoms with van der Waals surface area (Å²) in [5.41, 5.74) is 2.73. The molecule has 0 bridgehead atoms. The van der Waals surface area contributed by atoms with Crippen molar-refractivity contribution in [3.8, 4) is 0 Å². The number of sulfonamides is 1. The van der Waals surface area contributed by atoms with E-state index in [-0.39, 0.29) is 12.5 Å². The molecule has 0 atom stereocenters. The van der Waals surface area contributed by atoms with Crippen LogP contribution in [0, 0.1) is 0 Å². The molecule has 0 aliphatic heterocycles. The molecule has 1 aromatic heterocycles. The second-order valence-electron chi connectivity index (χ2n) is 6.81. The third kappa shape index (κ3) is 5.16. The number of thiophene rings is 1. The third-order valence-corrected chi connectivity index (χ3v) is 8.46. The molecule has 0 aliphatic carbocycles. The molecule has 0 saturated carbocycles. The lowest BCUT2D eigenvalue weighted by Crippen LogP contribution is -2.30. The highest BCUT2D eigenvalue weighted by molar-refractivity contribution is 7.91. The molecule has 1 heterocycles. The lowest BCUT2D eigenvalue weighted by molar-refractivity contribution is 0.0950. The summed E-state index contributed by atoms with van der Waals surface area (Å²) >= 11 is 1.20. The van der Waals surface area contributed by atoms with Crippen molar-refractivity contribution < 1.29 is 13.2 Å². The first-order valence-corrected chi connectivity index (χ1v) is 12.2. The molecular weight excluding hydrogens is 416 g/mol. The zero-order valence-electron chi connectivity index (χ0n) is 17.2. The van der Waals surface area contributed by atoms with Crippen molar-refractivity contribution in [3.63, 3.8) is 0 Å². The van der Waals surface area contributed by atoms with Gasteiger partial charge >= 0.3 is 0 Å². The molecule has 3 aromatic rings. The van der Waals surface area contributed by atoms with Crippen molar-refractivity contribution in [2.45, 2.75) is 31.0 Å². The largest absolute Gasteiger partial charge is 0.347 e. The number of hydrogen-bond donors (Lipinski definition) is 1. The Bertz CT molecular complexity index is 1090. The summed E-state index contributed by atoms with van der Waals surface area (Å²) in [6.45, 7) is 4.80. The molecule has 7 heteroatoms.